The van der Waals surface area contributed by atoms with Crippen molar-refractivity contribution in [3.05, 3.63) is 0 Å². The fourth-order valence-corrected chi connectivity index (χ4v) is 2.60. The van der Waals surface area contributed by atoms with E-state index in [0.717, 1.165) is 12.8 Å². The molecule has 1 N–H and O–H groups in total. The van der Waals surface area contributed by atoms with Gasteiger partial charge in [0, 0.05) is 18.6 Å². The molecule has 0 aromatic carbocycles. The molecule has 0 aliphatic rings. The van der Waals surface area contributed by atoms with E-state index in [-0.39, 0.29) is 16.3 Å². The largest absolute Gasteiger partial charge is 0.466 e. The first kappa shape index (κ1) is 17.4. The van der Waals surface area contributed by atoms with Crippen molar-refractivity contribution in [2.45, 2.75) is 64.2 Å². The Kier molecular flexibility index (Phi) is 10.1. The van der Waals surface area contributed by atoms with Crippen LogP contribution in [0.15, 0.2) is 0 Å². The average Bonchev–Trinajstić information content (AvgIpc) is 2.23. The standard InChI is InChI=1S/C13H24O4S/c1-4-17-13(16)8-6-5-7-12(15)9-10(2)18-11(3)14/h10,12,15H,4-9H2,1-3H3. The van der Waals surface area contributed by atoms with E-state index in [1.165, 1.54) is 18.7 Å². The van der Waals surface area contributed by atoms with E-state index in [1.807, 2.05) is 6.92 Å². The van der Waals surface area contributed by atoms with E-state index >= 15 is 0 Å². The molecule has 2 atom stereocenters. The van der Waals surface area contributed by atoms with Gasteiger partial charge in [-0.1, -0.05) is 25.1 Å². The first-order valence-electron chi connectivity index (χ1n) is 6.46. The number of ether oxygens (including phenoxy) is 1. The van der Waals surface area contributed by atoms with Gasteiger partial charge in [0.1, 0.15) is 0 Å². The number of aliphatic hydroxyl groups excluding tert-OH is 1. The molecule has 4 nitrogen and oxygen atoms in total. The summed E-state index contributed by atoms with van der Waals surface area (Å²) in [5.41, 5.74) is 0. The molecule has 0 fully saturated rings. The van der Waals surface area contributed by atoms with Crippen molar-refractivity contribution >= 4 is 22.8 Å². The van der Waals surface area contributed by atoms with Gasteiger partial charge in [-0.15, -0.1) is 0 Å². The Hall–Kier alpha value is -0.550. The smallest absolute Gasteiger partial charge is 0.305 e. The van der Waals surface area contributed by atoms with Crippen molar-refractivity contribution in [3.63, 3.8) is 0 Å². The van der Waals surface area contributed by atoms with Crippen LogP contribution in [0.25, 0.3) is 0 Å². The van der Waals surface area contributed by atoms with E-state index in [0.29, 0.717) is 25.9 Å². The zero-order chi connectivity index (χ0) is 14.0. The lowest BCUT2D eigenvalue weighted by molar-refractivity contribution is -0.143. The first-order chi connectivity index (χ1) is 8.45. The lowest BCUT2D eigenvalue weighted by Crippen LogP contribution is -2.14. The zero-order valence-corrected chi connectivity index (χ0v) is 12.3. The summed E-state index contributed by atoms with van der Waals surface area (Å²) in [6, 6.07) is 0. The van der Waals surface area contributed by atoms with E-state index in [1.54, 1.807) is 6.92 Å². The summed E-state index contributed by atoms with van der Waals surface area (Å²) in [5.74, 6) is -0.174. The van der Waals surface area contributed by atoms with Crippen molar-refractivity contribution in [1.29, 1.82) is 0 Å². The van der Waals surface area contributed by atoms with Crippen molar-refractivity contribution in [3.8, 4) is 0 Å². The summed E-state index contributed by atoms with van der Waals surface area (Å²) in [7, 11) is 0. The van der Waals surface area contributed by atoms with Crippen LogP contribution < -0.4 is 0 Å². The van der Waals surface area contributed by atoms with Crippen LogP contribution in [-0.2, 0) is 14.3 Å². The predicted octanol–water partition coefficient (Wildman–Crippen LogP) is 2.53. The van der Waals surface area contributed by atoms with Gasteiger partial charge in [0.05, 0.1) is 12.7 Å². The van der Waals surface area contributed by atoms with Crippen LogP contribution in [-0.4, -0.2) is 34.2 Å². The van der Waals surface area contributed by atoms with Crippen LogP contribution in [0, 0.1) is 0 Å². The highest BCUT2D eigenvalue weighted by Gasteiger charge is 2.12. The number of carbonyl (C=O) groups is 2. The topological polar surface area (TPSA) is 63.6 Å². The molecular formula is C13H24O4S. The quantitative estimate of drug-likeness (QED) is 0.518. The highest BCUT2D eigenvalue weighted by Crippen LogP contribution is 2.19. The third-order valence-corrected chi connectivity index (χ3v) is 3.37. The van der Waals surface area contributed by atoms with Crippen LogP contribution in [0.4, 0.5) is 0 Å². The Morgan fingerprint density at radius 2 is 2.00 bits per heavy atom. The first-order valence-corrected chi connectivity index (χ1v) is 7.34. The number of rotatable bonds is 9. The van der Waals surface area contributed by atoms with Crippen molar-refractivity contribution < 1.29 is 19.4 Å². The number of carbonyl (C=O) groups excluding carboxylic acids is 2. The number of hydrogen-bond acceptors (Lipinski definition) is 5. The molecule has 0 aromatic heterocycles. The molecule has 0 heterocycles. The van der Waals surface area contributed by atoms with Crippen molar-refractivity contribution in [1.82, 2.24) is 0 Å². The fraction of sp³-hybridized carbons (Fsp3) is 0.846. The van der Waals surface area contributed by atoms with Crippen LogP contribution in [0.5, 0.6) is 0 Å². The van der Waals surface area contributed by atoms with Gasteiger partial charge in [-0.2, -0.15) is 0 Å². The summed E-state index contributed by atoms with van der Waals surface area (Å²) in [5, 5.41) is 9.98. The van der Waals surface area contributed by atoms with E-state index < -0.39 is 6.10 Å². The molecule has 0 aliphatic heterocycles. The molecular weight excluding hydrogens is 252 g/mol. The van der Waals surface area contributed by atoms with Gasteiger partial charge in [-0.05, 0) is 26.2 Å². The Bertz CT molecular complexity index is 255. The maximum atomic E-state index is 11.1. The number of esters is 1. The Balaban J connectivity index is 3.55. The second-order valence-electron chi connectivity index (χ2n) is 4.36. The normalized spacial score (nSPS) is 14.0. The number of unbranched alkanes of at least 4 members (excludes halogenated alkanes) is 1. The summed E-state index contributed by atoms with van der Waals surface area (Å²) in [6.07, 6.45) is 2.85. The zero-order valence-electron chi connectivity index (χ0n) is 11.5. The molecule has 5 heteroatoms. The van der Waals surface area contributed by atoms with Crippen LogP contribution in [0.3, 0.4) is 0 Å². The van der Waals surface area contributed by atoms with Crippen molar-refractivity contribution in [2.75, 3.05) is 6.61 Å². The summed E-state index contributed by atoms with van der Waals surface area (Å²) in [6.45, 7) is 5.68. The molecule has 0 saturated heterocycles. The molecule has 106 valence electrons. The van der Waals surface area contributed by atoms with Crippen LogP contribution >= 0.6 is 11.8 Å². The minimum absolute atomic E-state index is 0.0806. The predicted molar refractivity (Wildman–Crippen MR) is 73.5 cm³/mol. The summed E-state index contributed by atoms with van der Waals surface area (Å²) in [4.78, 5) is 21.9. The molecule has 0 amide bonds. The third kappa shape index (κ3) is 10.6. The third-order valence-electron chi connectivity index (χ3n) is 2.44. The maximum Gasteiger partial charge on any atom is 0.305 e. The molecule has 0 aliphatic carbocycles. The number of hydrogen-bond donors (Lipinski definition) is 1. The van der Waals surface area contributed by atoms with Crippen molar-refractivity contribution in [2.24, 2.45) is 0 Å². The lowest BCUT2D eigenvalue weighted by atomic mass is 10.1. The van der Waals surface area contributed by atoms with Gasteiger partial charge in [0.25, 0.3) is 0 Å². The van der Waals surface area contributed by atoms with E-state index in [4.69, 9.17) is 4.74 Å². The van der Waals surface area contributed by atoms with E-state index in [2.05, 4.69) is 0 Å². The van der Waals surface area contributed by atoms with Crippen LogP contribution in [0.2, 0.25) is 0 Å². The molecule has 0 aromatic rings. The van der Waals surface area contributed by atoms with Gasteiger partial charge in [-0.25, -0.2) is 0 Å². The van der Waals surface area contributed by atoms with Gasteiger partial charge >= 0.3 is 5.97 Å². The Morgan fingerprint density at radius 1 is 1.33 bits per heavy atom. The highest BCUT2D eigenvalue weighted by atomic mass is 32.2. The Labute approximate surface area is 113 Å². The number of aliphatic hydroxyl groups is 1. The molecule has 0 saturated carbocycles. The van der Waals surface area contributed by atoms with Gasteiger partial charge in [0.2, 0.25) is 0 Å². The number of thioether (sulfide) groups is 1. The molecule has 0 radical (unpaired) electrons. The van der Waals surface area contributed by atoms with Gasteiger partial charge in [0.15, 0.2) is 5.12 Å². The average molecular weight is 276 g/mol. The molecule has 2 unspecified atom stereocenters. The fourth-order valence-electron chi connectivity index (χ4n) is 1.71. The minimum Gasteiger partial charge on any atom is -0.466 e. The second kappa shape index (κ2) is 10.4. The maximum absolute atomic E-state index is 11.1. The van der Waals surface area contributed by atoms with Crippen LogP contribution in [0.1, 0.15) is 52.9 Å². The Morgan fingerprint density at radius 3 is 2.56 bits per heavy atom. The molecule has 0 bridgehead atoms. The summed E-state index contributed by atoms with van der Waals surface area (Å²) < 4.78 is 4.81. The highest BCUT2D eigenvalue weighted by molar-refractivity contribution is 8.14. The molecule has 18 heavy (non-hydrogen) atoms. The van der Waals surface area contributed by atoms with E-state index in [9.17, 15) is 14.7 Å². The summed E-state index contributed by atoms with van der Waals surface area (Å²) >= 11 is 1.26. The van der Waals surface area contributed by atoms with Gasteiger partial charge in [-0.3, -0.25) is 9.59 Å². The molecule has 0 rings (SSSR count). The lowest BCUT2D eigenvalue weighted by Gasteiger charge is -2.14. The molecule has 0 spiro atoms. The second-order valence-corrected chi connectivity index (χ2v) is 5.98. The SMILES string of the molecule is CCOC(=O)CCCCC(O)CC(C)SC(C)=O. The van der Waals surface area contributed by atoms with Gasteiger partial charge < -0.3 is 9.84 Å². The monoisotopic (exact) mass is 276 g/mol. The minimum atomic E-state index is -0.394.